The fourth-order valence-electron chi connectivity index (χ4n) is 5.15. The van der Waals surface area contributed by atoms with Gasteiger partial charge in [0.2, 0.25) is 5.78 Å². The number of ketones is 1. The van der Waals surface area contributed by atoms with E-state index < -0.39 is 22.8 Å². The summed E-state index contributed by atoms with van der Waals surface area (Å²) in [5.41, 5.74) is 0.0776. The van der Waals surface area contributed by atoms with Gasteiger partial charge in [-0.05, 0) is 22.6 Å². The van der Waals surface area contributed by atoms with E-state index in [1.54, 1.807) is 16.2 Å². The summed E-state index contributed by atoms with van der Waals surface area (Å²) in [6.45, 7) is 5.14. The van der Waals surface area contributed by atoms with E-state index in [2.05, 4.69) is 6.58 Å². The first-order chi connectivity index (χ1) is 15.1. The molecule has 5 heteroatoms. The van der Waals surface area contributed by atoms with Gasteiger partial charge in [0.1, 0.15) is 5.41 Å². The van der Waals surface area contributed by atoms with Gasteiger partial charge in [-0.25, -0.2) is 0 Å². The first-order valence-corrected chi connectivity index (χ1v) is 11.2. The van der Waals surface area contributed by atoms with Crippen LogP contribution in [0.5, 0.6) is 0 Å². The lowest BCUT2D eigenvalue weighted by atomic mass is 9.59. The number of carbonyl (C=O) groups excluding carboxylic acids is 2. The van der Waals surface area contributed by atoms with Crippen molar-refractivity contribution in [2.24, 2.45) is 5.41 Å². The van der Waals surface area contributed by atoms with Crippen LogP contribution < -0.4 is 0 Å². The van der Waals surface area contributed by atoms with Crippen molar-refractivity contribution in [3.05, 3.63) is 107 Å². The average Bonchev–Trinajstić information content (AvgIpc) is 3.51. The molecule has 2 aromatic carbocycles. The molecule has 0 saturated carbocycles. The van der Waals surface area contributed by atoms with Crippen LogP contribution in [-0.2, 0) is 26.3 Å². The Hall–Kier alpha value is -3.02. The highest BCUT2D eigenvalue weighted by atomic mass is 32.1. The Bertz CT molecular complexity index is 1110. The molecule has 156 valence electrons. The molecule has 2 aliphatic rings. The van der Waals surface area contributed by atoms with Crippen LogP contribution in [0.15, 0.2) is 90.8 Å². The summed E-state index contributed by atoms with van der Waals surface area (Å²) in [7, 11) is 0. The SMILES string of the molecule is C=C[C@@]1(c2cccs2)CO[C@H](c2ccccc2)[C@]12CN(Cc1ccccc1)C(=O)C2=O. The molecule has 0 aliphatic carbocycles. The summed E-state index contributed by atoms with van der Waals surface area (Å²) in [6, 6.07) is 23.5. The van der Waals surface area contributed by atoms with E-state index in [1.807, 2.05) is 84.3 Å². The average molecular weight is 430 g/mol. The molecule has 0 unspecified atom stereocenters. The predicted molar refractivity (Wildman–Crippen MR) is 121 cm³/mol. The maximum Gasteiger partial charge on any atom is 0.291 e. The maximum absolute atomic E-state index is 13.9. The fourth-order valence-corrected chi connectivity index (χ4v) is 6.15. The lowest BCUT2D eigenvalue weighted by Crippen LogP contribution is -2.50. The van der Waals surface area contributed by atoms with Crippen LogP contribution in [0.3, 0.4) is 0 Å². The van der Waals surface area contributed by atoms with E-state index >= 15 is 0 Å². The molecule has 3 atom stereocenters. The minimum Gasteiger partial charge on any atom is -0.371 e. The summed E-state index contributed by atoms with van der Waals surface area (Å²) in [4.78, 5) is 29.9. The summed E-state index contributed by atoms with van der Waals surface area (Å²) in [6.07, 6.45) is 1.31. The molecule has 0 N–H and O–H groups in total. The first kappa shape index (κ1) is 19.9. The molecule has 2 aliphatic heterocycles. The van der Waals surface area contributed by atoms with Crippen molar-refractivity contribution in [3.8, 4) is 0 Å². The molecule has 3 aromatic rings. The Kier molecular flexibility index (Phi) is 4.88. The van der Waals surface area contributed by atoms with Crippen LogP contribution >= 0.6 is 11.3 Å². The molecule has 1 aromatic heterocycles. The Morgan fingerprint density at radius 3 is 2.39 bits per heavy atom. The molecule has 1 spiro atoms. The van der Waals surface area contributed by atoms with Crippen molar-refractivity contribution < 1.29 is 14.3 Å². The second kappa shape index (κ2) is 7.59. The first-order valence-electron chi connectivity index (χ1n) is 10.3. The molecule has 31 heavy (non-hydrogen) atoms. The largest absolute Gasteiger partial charge is 0.371 e. The van der Waals surface area contributed by atoms with Crippen LogP contribution in [0.25, 0.3) is 0 Å². The van der Waals surface area contributed by atoms with Crippen LogP contribution in [0.1, 0.15) is 22.1 Å². The van der Waals surface area contributed by atoms with Gasteiger partial charge in [-0.15, -0.1) is 17.9 Å². The van der Waals surface area contributed by atoms with Gasteiger partial charge >= 0.3 is 0 Å². The third-order valence-electron chi connectivity index (χ3n) is 6.68. The number of nitrogens with zero attached hydrogens (tertiary/aromatic N) is 1. The predicted octanol–water partition coefficient (Wildman–Crippen LogP) is 4.54. The third-order valence-corrected chi connectivity index (χ3v) is 7.72. The lowest BCUT2D eigenvalue weighted by molar-refractivity contribution is -0.144. The number of ether oxygens (including phenoxy) is 1. The van der Waals surface area contributed by atoms with E-state index in [9.17, 15) is 9.59 Å². The Balaban J connectivity index is 1.65. The summed E-state index contributed by atoms with van der Waals surface area (Å²) in [5, 5.41) is 1.99. The Morgan fingerprint density at radius 2 is 1.74 bits per heavy atom. The molecule has 0 radical (unpaired) electrons. The number of benzene rings is 2. The quantitative estimate of drug-likeness (QED) is 0.442. The van der Waals surface area contributed by atoms with Gasteiger partial charge < -0.3 is 9.64 Å². The maximum atomic E-state index is 13.9. The molecular formula is C26H23NO3S. The van der Waals surface area contributed by atoms with Crippen LogP contribution in [-0.4, -0.2) is 29.7 Å². The number of rotatable bonds is 5. The third kappa shape index (κ3) is 2.84. The van der Waals surface area contributed by atoms with E-state index in [1.165, 1.54) is 0 Å². The topological polar surface area (TPSA) is 46.6 Å². The second-order valence-electron chi connectivity index (χ2n) is 8.20. The van der Waals surface area contributed by atoms with E-state index in [4.69, 9.17) is 4.74 Å². The highest BCUT2D eigenvalue weighted by molar-refractivity contribution is 7.10. The van der Waals surface area contributed by atoms with E-state index in [-0.39, 0.29) is 5.78 Å². The number of carbonyl (C=O) groups is 2. The zero-order valence-corrected chi connectivity index (χ0v) is 17.9. The normalized spacial score (nSPS) is 27.9. The standard InChI is InChI=1S/C26H23NO3S/c1-2-25(21-14-9-15-31-21)18-30-23(20-12-7-4-8-13-20)26(25)17-27(24(29)22(26)28)16-19-10-5-3-6-11-19/h2-15,23H,1,16-18H2/t23-,25+,26-/m1/s1. The fraction of sp³-hybridized carbons (Fsp3) is 0.231. The number of thiophene rings is 1. The Morgan fingerprint density at radius 1 is 1.03 bits per heavy atom. The molecule has 5 rings (SSSR count). The van der Waals surface area contributed by atoms with Gasteiger partial charge in [0, 0.05) is 18.0 Å². The minimum absolute atomic E-state index is 0.295. The monoisotopic (exact) mass is 429 g/mol. The highest BCUT2D eigenvalue weighted by Crippen LogP contribution is 2.61. The number of likely N-dealkylation sites (tertiary alicyclic amines) is 1. The number of amides is 1. The van der Waals surface area contributed by atoms with Crippen LogP contribution in [0.2, 0.25) is 0 Å². The molecule has 0 bridgehead atoms. The van der Waals surface area contributed by atoms with Gasteiger partial charge in [0.15, 0.2) is 0 Å². The summed E-state index contributed by atoms with van der Waals surface area (Å²) < 4.78 is 6.36. The van der Waals surface area contributed by atoms with Crippen molar-refractivity contribution in [1.29, 1.82) is 0 Å². The summed E-state index contributed by atoms with van der Waals surface area (Å²) in [5.74, 6) is -0.832. The van der Waals surface area contributed by atoms with Crippen molar-refractivity contribution in [2.75, 3.05) is 13.2 Å². The minimum atomic E-state index is -1.06. The number of hydrogen-bond donors (Lipinski definition) is 0. The molecule has 2 fully saturated rings. The number of Topliss-reactive ketones (excluding diaryl/α,β-unsaturated/α-hetero) is 1. The molecule has 2 saturated heterocycles. The van der Waals surface area contributed by atoms with E-state index in [0.29, 0.717) is 19.7 Å². The van der Waals surface area contributed by atoms with Crippen molar-refractivity contribution in [3.63, 3.8) is 0 Å². The molecular weight excluding hydrogens is 406 g/mol. The van der Waals surface area contributed by atoms with Crippen molar-refractivity contribution in [2.45, 2.75) is 18.1 Å². The molecule has 4 nitrogen and oxygen atoms in total. The second-order valence-corrected chi connectivity index (χ2v) is 9.15. The van der Waals surface area contributed by atoms with Gasteiger partial charge in [-0.2, -0.15) is 0 Å². The number of hydrogen-bond acceptors (Lipinski definition) is 4. The van der Waals surface area contributed by atoms with Crippen LogP contribution in [0, 0.1) is 5.41 Å². The smallest absolute Gasteiger partial charge is 0.291 e. The van der Waals surface area contributed by atoms with Gasteiger partial charge in [-0.1, -0.05) is 72.8 Å². The molecule has 1 amide bonds. The zero-order valence-electron chi connectivity index (χ0n) is 17.1. The van der Waals surface area contributed by atoms with Gasteiger partial charge in [0.25, 0.3) is 5.91 Å². The van der Waals surface area contributed by atoms with E-state index in [0.717, 1.165) is 16.0 Å². The highest BCUT2D eigenvalue weighted by Gasteiger charge is 2.71. The lowest BCUT2D eigenvalue weighted by Gasteiger charge is -2.40. The van der Waals surface area contributed by atoms with Gasteiger partial charge in [-0.3, -0.25) is 9.59 Å². The van der Waals surface area contributed by atoms with Crippen molar-refractivity contribution >= 4 is 23.0 Å². The summed E-state index contributed by atoms with van der Waals surface area (Å²) >= 11 is 1.58. The van der Waals surface area contributed by atoms with Gasteiger partial charge in [0.05, 0.1) is 18.1 Å². The molecule has 3 heterocycles. The van der Waals surface area contributed by atoms with Crippen LogP contribution in [0.4, 0.5) is 0 Å². The zero-order chi connectivity index (χ0) is 21.5. The van der Waals surface area contributed by atoms with Crippen molar-refractivity contribution in [1.82, 2.24) is 4.90 Å². The Labute approximate surface area is 185 Å².